The molecule has 0 saturated carbocycles. The van der Waals surface area contributed by atoms with E-state index in [1.165, 1.54) is 11.3 Å². The highest BCUT2D eigenvalue weighted by molar-refractivity contribution is 5.85. The van der Waals surface area contributed by atoms with Crippen LogP contribution < -0.4 is 9.64 Å². The molecule has 6 nitrogen and oxygen atoms in total. The summed E-state index contributed by atoms with van der Waals surface area (Å²) < 4.78 is 5.56. The van der Waals surface area contributed by atoms with Crippen LogP contribution in [0.4, 0.5) is 5.82 Å². The molecule has 4 rings (SSSR count). The Balaban J connectivity index is 1.48. The van der Waals surface area contributed by atoms with Crippen LogP contribution >= 0.6 is 0 Å². The summed E-state index contributed by atoms with van der Waals surface area (Å²) in [5.74, 6) is 2.32. The van der Waals surface area contributed by atoms with Crippen LogP contribution in [-0.2, 0) is 0 Å². The third kappa shape index (κ3) is 4.49. The fourth-order valence-corrected chi connectivity index (χ4v) is 4.15. The summed E-state index contributed by atoms with van der Waals surface area (Å²) in [6.45, 7) is 7.98. The van der Waals surface area contributed by atoms with Gasteiger partial charge < -0.3 is 19.4 Å². The average molecular weight is 406 g/mol. The van der Waals surface area contributed by atoms with Crippen LogP contribution in [0.2, 0.25) is 0 Å². The van der Waals surface area contributed by atoms with Crippen molar-refractivity contribution in [2.75, 3.05) is 58.4 Å². The first-order valence-electron chi connectivity index (χ1n) is 10.6. The molecule has 0 amide bonds. The molecular weight excluding hydrogens is 374 g/mol. The highest BCUT2D eigenvalue weighted by atomic mass is 16.5. The van der Waals surface area contributed by atoms with Gasteiger partial charge in [-0.1, -0.05) is 25.1 Å². The van der Waals surface area contributed by atoms with Crippen molar-refractivity contribution >= 4 is 17.7 Å². The lowest BCUT2D eigenvalue weighted by molar-refractivity contribution is 0.312. The predicted molar refractivity (Wildman–Crippen MR) is 123 cm³/mol. The van der Waals surface area contributed by atoms with E-state index in [0.717, 1.165) is 49.9 Å². The zero-order valence-corrected chi connectivity index (χ0v) is 18.2. The number of pyridine rings is 1. The molecular formula is C24H31N5O. The van der Waals surface area contributed by atoms with Gasteiger partial charge in [-0.25, -0.2) is 4.98 Å². The molecule has 0 bridgehead atoms. The van der Waals surface area contributed by atoms with Crippen molar-refractivity contribution < 1.29 is 4.74 Å². The number of benzene rings is 1. The molecule has 2 aliphatic heterocycles. The number of aromatic nitrogens is 1. The molecule has 2 aliphatic rings. The predicted octanol–water partition coefficient (Wildman–Crippen LogP) is 3.33. The van der Waals surface area contributed by atoms with E-state index in [2.05, 4.69) is 64.0 Å². The van der Waals surface area contributed by atoms with Crippen molar-refractivity contribution in [2.24, 2.45) is 4.99 Å². The molecule has 0 aliphatic carbocycles. The van der Waals surface area contributed by atoms with Gasteiger partial charge in [0.15, 0.2) is 0 Å². The van der Waals surface area contributed by atoms with Gasteiger partial charge in [0.25, 0.3) is 0 Å². The zero-order valence-electron chi connectivity index (χ0n) is 18.2. The topological polar surface area (TPSA) is 44.2 Å². The lowest BCUT2D eigenvalue weighted by atomic mass is 9.98. The summed E-state index contributed by atoms with van der Waals surface area (Å²) >= 11 is 0. The number of piperazine rings is 1. The number of aliphatic imine (C=N–C) groups is 1. The molecule has 1 aromatic heterocycles. The van der Waals surface area contributed by atoms with E-state index >= 15 is 0 Å². The number of anilines is 1. The first kappa shape index (κ1) is 20.4. The van der Waals surface area contributed by atoms with Crippen LogP contribution in [0.5, 0.6) is 5.75 Å². The molecule has 0 radical (unpaired) electrons. The Labute approximate surface area is 179 Å². The molecule has 30 heavy (non-hydrogen) atoms. The van der Waals surface area contributed by atoms with Crippen LogP contribution in [0.1, 0.15) is 24.0 Å². The van der Waals surface area contributed by atoms with Crippen LogP contribution in [-0.4, -0.2) is 74.5 Å². The number of rotatable bonds is 6. The molecule has 1 aromatic carbocycles. The lowest BCUT2D eigenvalue weighted by Crippen LogP contribution is -2.44. The van der Waals surface area contributed by atoms with Gasteiger partial charge in [0, 0.05) is 62.3 Å². The molecule has 1 saturated heterocycles. The molecule has 1 unspecified atom stereocenters. The summed E-state index contributed by atoms with van der Waals surface area (Å²) in [6, 6.07) is 12.6. The molecule has 1 fully saturated rings. The van der Waals surface area contributed by atoms with Crippen LogP contribution in [0, 0.1) is 0 Å². The minimum absolute atomic E-state index is 0.315. The van der Waals surface area contributed by atoms with Gasteiger partial charge in [-0.15, -0.1) is 0 Å². The highest BCUT2D eigenvalue weighted by Gasteiger charge is 2.20. The SMILES string of the molecule is COc1ccccc1C(C)CN1CN=CC=C1c1ccc(N2CCN(C)CC2)nc1. The molecule has 6 heteroatoms. The van der Waals surface area contributed by atoms with Gasteiger partial charge >= 0.3 is 0 Å². The summed E-state index contributed by atoms with van der Waals surface area (Å²) in [5, 5.41) is 0. The third-order valence-electron chi connectivity index (χ3n) is 5.97. The number of likely N-dealkylation sites (N-methyl/N-ethyl adjacent to an activating group) is 1. The second-order valence-electron chi connectivity index (χ2n) is 8.09. The van der Waals surface area contributed by atoms with Crippen molar-refractivity contribution in [3.8, 4) is 5.75 Å². The second kappa shape index (κ2) is 9.30. The first-order valence-corrected chi connectivity index (χ1v) is 10.6. The maximum atomic E-state index is 5.56. The maximum Gasteiger partial charge on any atom is 0.128 e. The quantitative estimate of drug-likeness (QED) is 0.738. The van der Waals surface area contributed by atoms with E-state index in [4.69, 9.17) is 9.72 Å². The molecule has 1 atom stereocenters. The number of hydrogen-bond acceptors (Lipinski definition) is 6. The van der Waals surface area contributed by atoms with E-state index in [9.17, 15) is 0 Å². The molecule has 0 N–H and O–H groups in total. The van der Waals surface area contributed by atoms with E-state index in [0.29, 0.717) is 12.6 Å². The Morgan fingerprint density at radius 3 is 2.60 bits per heavy atom. The Kier molecular flexibility index (Phi) is 6.33. The molecule has 3 heterocycles. The second-order valence-corrected chi connectivity index (χ2v) is 8.09. The molecule has 158 valence electrons. The van der Waals surface area contributed by atoms with Gasteiger partial charge in [-0.3, -0.25) is 4.99 Å². The minimum Gasteiger partial charge on any atom is -0.496 e. The van der Waals surface area contributed by atoms with E-state index < -0.39 is 0 Å². The fourth-order valence-electron chi connectivity index (χ4n) is 4.15. The van der Waals surface area contributed by atoms with E-state index in [-0.39, 0.29) is 0 Å². The van der Waals surface area contributed by atoms with Crippen molar-refractivity contribution in [3.05, 3.63) is 59.8 Å². The van der Waals surface area contributed by atoms with Gasteiger partial charge in [0.1, 0.15) is 18.2 Å². The van der Waals surface area contributed by atoms with Crippen LogP contribution in [0.15, 0.2) is 53.7 Å². The Morgan fingerprint density at radius 2 is 1.87 bits per heavy atom. The Hall–Kier alpha value is -2.86. The molecule has 2 aromatic rings. The summed E-state index contributed by atoms with van der Waals surface area (Å²) in [5.41, 5.74) is 3.52. The van der Waals surface area contributed by atoms with E-state index in [1.807, 2.05) is 24.5 Å². The number of nitrogens with zero attached hydrogens (tertiary/aromatic N) is 5. The Bertz CT molecular complexity index is 900. The van der Waals surface area contributed by atoms with Crippen LogP contribution in [0.25, 0.3) is 5.70 Å². The monoisotopic (exact) mass is 405 g/mol. The largest absolute Gasteiger partial charge is 0.496 e. The van der Waals surface area contributed by atoms with Crippen molar-refractivity contribution in [1.29, 1.82) is 0 Å². The summed E-state index contributed by atoms with van der Waals surface area (Å²) in [4.78, 5) is 16.3. The number of methoxy groups -OCH3 is 1. The van der Waals surface area contributed by atoms with Gasteiger partial charge in [0.05, 0.1) is 7.11 Å². The lowest BCUT2D eigenvalue weighted by Gasteiger charge is -2.33. The molecule has 0 spiro atoms. The number of hydrogen-bond donors (Lipinski definition) is 0. The number of ether oxygens (including phenoxy) is 1. The summed E-state index contributed by atoms with van der Waals surface area (Å²) in [7, 11) is 3.90. The minimum atomic E-state index is 0.315. The van der Waals surface area contributed by atoms with E-state index in [1.54, 1.807) is 7.11 Å². The smallest absolute Gasteiger partial charge is 0.128 e. The van der Waals surface area contributed by atoms with Crippen LogP contribution in [0.3, 0.4) is 0 Å². The van der Waals surface area contributed by atoms with Gasteiger partial charge in [-0.05, 0) is 36.9 Å². The maximum absolute atomic E-state index is 5.56. The normalized spacial score (nSPS) is 18.3. The van der Waals surface area contributed by atoms with Gasteiger partial charge in [0.2, 0.25) is 0 Å². The highest BCUT2D eigenvalue weighted by Crippen LogP contribution is 2.30. The number of para-hydroxylation sites is 1. The average Bonchev–Trinajstić information content (AvgIpc) is 2.80. The van der Waals surface area contributed by atoms with Crippen molar-refractivity contribution in [1.82, 2.24) is 14.8 Å². The van der Waals surface area contributed by atoms with Gasteiger partial charge in [-0.2, -0.15) is 0 Å². The van der Waals surface area contributed by atoms with Crippen molar-refractivity contribution in [2.45, 2.75) is 12.8 Å². The van der Waals surface area contributed by atoms with Crippen molar-refractivity contribution in [3.63, 3.8) is 0 Å². The Morgan fingerprint density at radius 1 is 1.07 bits per heavy atom. The standard InChI is InChI=1S/C24H31N5O/c1-19(21-6-4-5-7-23(21)30-3)17-29-18-25-11-10-22(29)20-8-9-24(26-16-20)28-14-12-27(2)13-15-28/h4-11,16,19H,12-15,17-18H2,1-3H3. The summed E-state index contributed by atoms with van der Waals surface area (Å²) in [6.07, 6.45) is 5.98. The third-order valence-corrected chi connectivity index (χ3v) is 5.97. The fraction of sp³-hybridized carbons (Fsp3) is 0.417. The number of allylic oxidation sites excluding steroid dienone is 1. The first-order chi connectivity index (χ1) is 14.7. The zero-order chi connectivity index (χ0) is 20.9.